The summed E-state index contributed by atoms with van der Waals surface area (Å²) >= 11 is 1.58. The normalized spacial score (nSPS) is 12.5. The van der Waals surface area contributed by atoms with Crippen molar-refractivity contribution in [2.45, 2.75) is 50.5 Å². The van der Waals surface area contributed by atoms with Crippen molar-refractivity contribution >= 4 is 29.3 Å². The van der Waals surface area contributed by atoms with Crippen molar-refractivity contribution in [2.75, 3.05) is 11.1 Å². The summed E-state index contributed by atoms with van der Waals surface area (Å²) in [6, 6.07) is 14.1. The molecule has 2 amide bonds. The van der Waals surface area contributed by atoms with Gasteiger partial charge in [0.2, 0.25) is 11.8 Å². The van der Waals surface area contributed by atoms with Gasteiger partial charge in [0, 0.05) is 23.5 Å². The first-order valence-electron chi connectivity index (χ1n) is 9.54. The molecular weight excluding hydrogens is 356 g/mol. The zero-order valence-electron chi connectivity index (χ0n) is 15.7. The van der Waals surface area contributed by atoms with Gasteiger partial charge in [0.15, 0.2) is 0 Å². The number of benzene rings is 2. The van der Waals surface area contributed by atoms with E-state index in [9.17, 15) is 9.59 Å². The summed E-state index contributed by atoms with van der Waals surface area (Å²) in [5.41, 5.74) is 4.69. The number of aryl methyl sites for hydroxylation is 2. The molecule has 27 heavy (non-hydrogen) atoms. The van der Waals surface area contributed by atoms with E-state index in [1.54, 1.807) is 11.8 Å². The topological polar surface area (TPSA) is 58.2 Å². The Balaban J connectivity index is 1.41. The van der Waals surface area contributed by atoms with Gasteiger partial charge in [0.25, 0.3) is 0 Å². The van der Waals surface area contributed by atoms with Crippen molar-refractivity contribution in [3.05, 3.63) is 59.2 Å². The lowest BCUT2D eigenvalue weighted by Crippen LogP contribution is -2.24. The van der Waals surface area contributed by atoms with E-state index in [0.717, 1.165) is 29.0 Å². The van der Waals surface area contributed by atoms with E-state index in [4.69, 9.17) is 0 Å². The van der Waals surface area contributed by atoms with E-state index >= 15 is 0 Å². The van der Waals surface area contributed by atoms with Crippen LogP contribution >= 0.6 is 11.8 Å². The Morgan fingerprint density at radius 2 is 1.78 bits per heavy atom. The van der Waals surface area contributed by atoms with Crippen molar-refractivity contribution in [2.24, 2.45) is 0 Å². The maximum Gasteiger partial charge on any atom is 0.230 e. The molecule has 0 bridgehead atoms. The second-order valence-corrected chi connectivity index (χ2v) is 7.89. The number of hydrogen-bond acceptors (Lipinski definition) is 3. The number of anilines is 1. The molecule has 0 atom stereocenters. The molecule has 142 valence electrons. The molecule has 0 aromatic heterocycles. The SMILES string of the molecule is CCCC(=O)Nc1ccc(CNC(=O)CSc2ccc3c(c2)CCC3)cc1. The summed E-state index contributed by atoms with van der Waals surface area (Å²) in [5, 5.41) is 5.82. The number of rotatable bonds is 8. The molecule has 2 aromatic rings. The standard InChI is InChI=1S/C22H26N2O2S/c1-2-4-21(25)24-19-10-7-16(8-11-19)14-23-22(26)15-27-20-12-9-17-5-3-6-18(17)13-20/h7-13H,2-6,14-15H2,1H3,(H,23,26)(H,24,25). The lowest BCUT2D eigenvalue weighted by molar-refractivity contribution is -0.118. The van der Waals surface area contributed by atoms with Gasteiger partial charge in [-0.05, 0) is 66.6 Å². The van der Waals surface area contributed by atoms with E-state index in [1.807, 2.05) is 31.2 Å². The van der Waals surface area contributed by atoms with Crippen molar-refractivity contribution in [1.82, 2.24) is 5.32 Å². The second-order valence-electron chi connectivity index (χ2n) is 6.84. The molecule has 4 nitrogen and oxygen atoms in total. The number of carbonyl (C=O) groups is 2. The van der Waals surface area contributed by atoms with E-state index in [1.165, 1.54) is 24.0 Å². The molecule has 0 heterocycles. The highest BCUT2D eigenvalue weighted by atomic mass is 32.2. The van der Waals surface area contributed by atoms with Crippen LogP contribution in [0.3, 0.4) is 0 Å². The fourth-order valence-electron chi connectivity index (χ4n) is 3.20. The van der Waals surface area contributed by atoms with Crippen LogP contribution in [0.4, 0.5) is 5.69 Å². The molecule has 0 saturated heterocycles. The van der Waals surface area contributed by atoms with Crippen molar-refractivity contribution in [1.29, 1.82) is 0 Å². The largest absolute Gasteiger partial charge is 0.351 e. The number of nitrogens with one attached hydrogen (secondary N) is 2. The quantitative estimate of drug-likeness (QED) is 0.669. The van der Waals surface area contributed by atoms with E-state index in [-0.39, 0.29) is 11.8 Å². The fourth-order valence-corrected chi connectivity index (χ4v) is 3.98. The monoisotopic (exact) mass is 382 g/mol. The van der Waals surface area contributed by atoms with Gasteiger partial charge in [-0.25, -0.2) is 0 Å². The molecule has 2 N–H and O–H groups in total. The van der Waals surface area contributed by atoms with Crippen LogP contribution < -0.4 is 10.6 Å². The molecule has 1 aliphatic rings. The van der Waals surface area contributed by atoms with Gasteiger partial charge in [-0.2, -0.15) is 0 Å². The van der Waals surface area contributed by atoms with Crippen molar-refractivity contribution in [3.63, 3.8) is 0 Å². The number of carbonyl (C=O) groups excluding carboxylic acids is 2. The summed E-state index contributed by atoms with van der Waals surface area (Å²) in [6.07, 6.45) is 4.94. The minimum Gasteiger partial charge on any atom is -0.351 e. The molecule has 0 aliphatic heterocycles. The molecule has 0 saturated carbocycles. The molecule has 1 aliphatic carbocycles. The van der Waals surface area contributed by atoms with Crippen LogP contribution in [-0.2, 0) is 29.0 Å². The summed E-state index contributed by atoms with van der Waals surface area (Å²) in [5.74, 6) is 0.479. The third kappa shape index (κ3) is 5.86. The van der Waals surface area contributed by atoms with Crippen LogP contribution in [0, 0.1) is 0 Å². The fraction of sp³-hybridized carbons (Fsp3) is 0.364. The Morgan fingerprint density at radius 1 is 1.00 bits per heavy atom. The highest BCUT2D eigenvalue weighted by Gasteiger charge is 2.11. The highest BCUT2D eigenvalue weighted by Crippen LogP contribution is 2.27. The summed E-state index contributed by atoms with van der Waals surface area (Å²) in [7, 11) is 0. The first-order valence-corrected chi connectivity index (χ1v) is 10.5. The van der Waals surface area contributed by atoms with Gasteiger partial charge in [0.1, 0.15) is 0 Å². The van der Waals surface area contributed by atoms with Gasteiger partial charge in [-0.3, -0.25) is 9.59 Å². The number of thioether (sulfide) groups is 1. The predicted molar refractivity (Wildman–Crippen MR) is 111 cm³/mol. The lowest BCUT2D eigenvalue weighted by Gasteiger charge is -2.08. The van der Waals surface area contributed by atoms with E-state index < -0.39 is 0 Å². The first kappa shape index (κ1) is 19.5. The third-order valence-corrected chi connectivity index (χ3v) is 5.64. The van der Waals surface area contributed by atoms with Gasteiger partial charge < -0.3 is 10.6 Å². The maximum absolute atomic E-state index is 12.1. The van der Waals surface area contributed by atoms with Crippen LogP contribution in [0.15, 0.2) is 47.4 Å². The van der Waals surface area contributed by atoms with Gasteiger partial charge in [0.05, 0.1) is 5.75 Å². The Morgan fingerprint density at radius 3 is 2.56 bits per heavy atom. The lowest BCUT2D eigenvalue weighted by atomic mass is 10.1. The Bertz CT molecular complexity index is 802. The van der Waals surface area contributed by atoms with Crippen LogP contribution in [-0.4, -0.2) is 17.6 Å². The van der Waals surface area contributed by atoms with Gasteiger partial charge in [-0.1, -0.05) is 25.1 Å². The Hall–Kier alpha value is -2.27. The Labute approximate surface area is 165 Å². The average molecular weight is 383 g/mol. The van der Waals surface area contributed by atoms with Crippen LogP contribution in [0.5, 0.6) is 0 Å². The van der Waals surface area contributed by atoms with Crippen molar-refractivity contribution in [3.8, 4) is 0 Å². The van der Waals surface area contributed by atoms with Crippen molar-refractivity contribution < 1.29 is 9.59 Å². The molecular formula is C22H26N2O2S. The summed E-state index contributed by atoms with van der Waals surface area (Å²) in [6.45, 7) is 2.47. The minimum absolute atomic E-state index is 0.0285. The highest BCUT2D eigenvalue weighted by molar-refractivity contribution is 8.00. The van der Waals surface area contributed by atoms with Crippen LogP contribution in [0.1, 0.15) is 42.9 Å². The summed E-state index contributed by atoms with van der Waals surface area (Å²) < 4.78 is 0. The number of amides is 2. The van der Waals surface area contributed by atoms with Crippen LogP contribution in [0.2, 0.25) is 0 Å². The van der Waals surface area contributed by atoms with Crippen LogP contribution in [0.25, 0.3) is 0 Å². The molecule has 0 fully saturated rings. The second kappa shape index (κ2) is 9.60. The molecule has 5 heteroatoms. The molecule has 0 unspecified atom stereocenters. The molecule has 3 rings (SSSR count). The number of fused-ring (bicyclic) bond motifs is 1. The van der Waals surface area contributed by atoms with E-state index in [2.05, 4.69) is 28.8 Å². The van der Waals surface area contributed by atoms with Gasteiger partial charge in [-0.15, -0.1) is 11.8 Å². The molecule has 2 aromatic carbocycles. The smallest absolute Gasteiger partial charge is 0.230 e. The molecule has 0 radical (unpaired) electrons. The minimum atomic E-state index is 0.0285. The zero-order valence-corrected chi connectivity index (χ0v) is 16.5. The van der Waals surface area contributed by atoms with E-state index in [0.29, 0.717) is 18.7 Å². The summed E-state index contributed by atoms with van der Waals surface area (Å²) in [4.78, 5) is 24.9. The zero-order chi connectivity index (χ0) is 19.1. The maximum atomic E-state index is 12.1. The third-order valence-electron chi connectivity index (χ3n) is 4.64. The predicted octanol–water partition coefficient (Wildman–Crippen LogP) is 4.32. The average Bonchev–Trinajstić information content (AvgIpc) is 3.14. The molecule has 0 spiro atoms. The number of hydrogen-bond donors (Lipinski definition) is 2. The first-order chi connectivity index (χ1) is 13.1. The Kier molecular flexibility index (Phi) is 6.93. The van der Waals surface area contributed by atoms with Gasteiger partial charge >= 0.3 is 0 Å².